The number of ether oxygens (including phenoxy) is 1. The van der Waals surface area contributed by atoms with E-state index in [-0.39, 0.29) is 17.3 Å². The molecule has 1 atom stereocenters. The molecule has 208 valence electrons. The molecule has 39 heavy (non-hydrogen) atoms. The topological polar surface area (TPSA) is 96.0 Å². The second-order valence-electron chi connectivity index (χ2n) is 9.30. The molecule has 9 heteroatoms. The normalized spacial score (nSPS) is 11.9. The van der Waals surface area contributed by atoms with Gasteiger partial charge in [-0.1, -0.05) is 54.4 Å². The van der Waals surface area contributed by atoms with Crippen molar-refractivity contribution in [2.45, 2.75) is 51.6 Å². The Morgan fingerprint density at radius 3 is 1.95 bits per heavy atom. The van der Waals surface area contributed by atoms with Gasteiger partial charge in [0, 0.05) is 13.6 Å². The van der Waals surface area contributed by atoms with Crippen molar-refractivity contribution in [1.29, 1.82) is 0 Å². The van der Waals surface area contributed by atoms with E-state index in [0.717, 1.165) is 21.0 Å². The molecule has 0 bridgehead atoms. The number of anilines is 1. The second-order valence-corrected chi connectivity index (χ2v) is 11.2. The molecule has 3 aromatic rings. The summed E-state index contributed by atoms with van der Waals surface area (Å²) in [6, 6.07) is 20.0. The number of hydrogen-bond donors (Lipinski definition) is 1. The van der Waals surface area contributed by atoms with Crippen LogP contribution in [0.25, 0.3) is 0 Å². The number of benzene rings is 3. The number of rotatable bonds is 12. The lowest BCUT2D eigenvalue weighted by molar-refractivity contribution is -0.140. The molecule has 0 aliphatic rings. The molecule has 0 aliphatic heterocycles. The quantitative estimate of drug-likeness (QED) is 0.359. The number of nitrogens with zero attached hydrogens (tertiary/aromatic N) is 2. The van der Waals surface area contributed by atoms with Crippen LogP contribution in [-0.4, -0.2) is 51.4 Å². The summed E-state index contributed by atoms with van der Waals surface area (Å²) in [7, 11) is -2.60. The van der Waals surface area contributed by atoms with Gasteiger partial charge in [-0.2, -0.15) is 0 Å². The summed E-state index contributed by atoms with van der Waals surface area (Å²) in [5, 5.41) is 2.63. The van der Waals surface area contributed by atoms with Crippen LogP contribution in [-0.2, 0) is 26.2 Å². The highest BCUT2D eigenvalue weighted by molar-refractivity contribution is 7.92. The van der Waals surface area contributed by atoms with Crippen LogP contribution in [0.4, 0.5) is 5.69 Å². The van der Waals surface area contributed by atoms with Gasteiger partial charge < -0.3 is 15.0 Å². The third kappa shape index (κ3) is 7.38. The zero-order valence-electron chi connectivity index (χ0n) is 23.2. The highest BCUT2D eigenvalue weighted by atomic mass is 32.2. The smallest absolute Gasteiger partial charge is 0.264 e. The first-order valence-corrected chi connectivity index (χ1v) is 14.4. The molecule has 0 radical (unpaired) electrons. The summed E-state index contributed by atoms with van der Waals surface area (Å²) in [4.78, 5) is 28.2. The Morgan fingerprint density at radius 1 is 0.872 bits per heavy atom. The summed E-state index contributed by atoms with van der Waals surface area (Å²) >= 11 is 0. The molecule has 0 spiro atoms. The maximum Gasteiger partial charge on any atom is 0.264 e. The Morgan fingerprint density at radius 2 is 1.44 bits per heavy atom. The number of nitrogens with one attached hydrogen (secondary N) is 1. The molecule has 3 rings (SSSR count). The largest absolute Gasteiger partial charge is 0.494 e. The van der Waals surface area contributed by atoms with Crippen LogP contribution < -0.4 is 14.4 Å². The first-order valence-electron chi connectivity index (χ1n) is 13.0. The fraction of sp³-hybridized carbons (Fsp3) is 0.333. The molecule has 0 unspecified atom stereocenters. The van der Waals surface area contributed by atoms with Gasteiger partial charge in [-0.05, 0) is 69.2 Å². The zero-order chi connectivity index (χ0) is 28.6. The molecule has 0 saturated heterocycles. The molecule has 0 heterocycles. The molecule has 1 N–H and O–H groups in total. The van der Waals surface area contributed by atoms with Gasteiger partial charge in [0.15, 0.2) is 0 Å². The van der Waals surface area contributed by atoms with E-state index in [0.29, 0.717) is 24.5 Å². The highest BCUT2D eigenvalue weighted by Crippen LogP contribution is 2.27. The Kier molecular flexibility index (Phi) is 10.1. The first kappa shape index (κ1) is 29.7. The molecule has 3 aromatic carbocycles. The molecule has 0 aromatic heterocycles. The number of carbonyl (C=O) groups is 2. The summed E-state index contributed by atoms with van der Waals surface area (Å²) in [6.07, 6.45) is 0.366. The number of carbonyl (C=O) groups excluding carboxylic acids is 2. The minimum absolute atomic E-state index is 0.0678. The lowest BCUT2D eigenvalue weighted by Crippen LogP contribution is -2.51. The van der Waals surface area contributed by atoms with Crippen molar-refractivity contribution in [3.63, 3.8) is 0 Å². The van der Waals surface area contributed by atoms with Gasteiger partial charge in [0.25, 0.3) is 10.0 Å². The van der Waals surface area contributed by atoms with E-state index in [4.69, 9.17) is 4.74 Å². The van der Waals surface area contributed by atoms with Crippen molar-refractivity contribution in [1.82, 2.24) is 10.2 Å². The van der Waals surface area contributed by atoms with Gasteiger partial charge in [-0.15, -0.1) is 0 Å². The van der Waals surface area contributed by atoms with Gasteiger partial charge in [0.1, 0.15) is 18.3 Å². The van der Waals surface area contributed by atoms with Crippen LogP contribution in [0.3, 0.4) is 0 Å². The predicted molar refractivity (Wildman–Crippen MR) is 153 cm³/mol. The van der Waals surface area contributed by atoms with Crippen molar-refractivity contribution in [3.8, 4) is 5.75 Å². The summed E-state index contributed by atoms with van der Waals surface area (Å²) in [6.45, 7) is 7.67. The highest BCUT2D eigenvalue weighted by Gasteiger charge is 2.33. The fourth-order valence-corrected chi connectivity index (χ4v) is 5.63. The Labute approximate surface area is 231 Å². The zero-order valence-corrected chi connectivity index (χ0v) is 24.0. The van der Waals surface area contributed by atoms with Crippen LogP contribution in [0.5, 0.6) is 5.75 Å². The maximum atomic E-state index is 13.9. The van der Waals surface area contributed by atoms with Gasteiger partial charge >= 0.3 is 0 Å². The first-order chi connectivity index (χ1) is 18.6. The maximum absolute atomic E-state index is 13.9. The predicted octanol–water partition coefficient (Wildman–Crippen LogP) is 4.45. The standard InChI is InChI=1S/C30H37N3O5S/c1-6-28(30(35)31-5)32(20-24-12-8-22(3)9-13-24)29(34)21-33(25-14-16-26(17-15-25)38-7-2)39(36,37)27-18-10-23(4)11-19-27/h8-19,28H,6-7,20-21H2,1-5H3,(H,31,35)/t28-/m1/s1. The number of likely N-dealkylation sites (N-methyl/N-ethyl adjacent to an activating group) is 1. The van der Waals surface area contributed by atoms with Crippen molar-refractivity contribution in [2.75, 3.05) is 24.5 Å². The van der Waals surface area contributed by atoms with Crippen LogP contribution in [0.2, 0.25) is 0 Å². The van der Waals surface area contributed by atoms with Crippen molar-refractivity contribution in [2.24, 2.45) is 0 Å². The third-order valence-corrected chi connectivity index (χ3v) is 8.22. The fourth-order valence-electron chi connectivity index (χ4n) is 4.22. The van der Waals surface area contributed by atoms with Gasteiger partial charge in [0.05, 0.1) is 17.2 Å². The second kappa shape index (κ2) is 13.3. The Hall–Kier alpha value is -3.85. The van der Waals surface area contributed by atoms with Crippen molar-refractivity contribution in [3.05, 3.63) is 89.5 Å². The number of amides is 2. The lowest BCUT2D eigenvalue weighted by Gasteiger charge is -2.33. The minimum atomic E-state index is -4.12. The minimum Gasteiger partial charge on any atom is -0.494 e. The summed E-state index contributed by atoms with van der Waals surface area (Å²) in [5.74, 6) is -0.213. The van der Waals surface area contributed by atoms with E-state index in [9.17, 15) is 18.0 Å². The van der Waals surface area contributed by atoms with Gasteiger partial charge in [-0.25, -0.2) is 8.42 Å². The van der Waals surface area contributed by atoms with Crippen LogP contribution in [0.1, 0.15) is 37.0 Å². The van der Waals surface area contributed by atoms with Gasteiger partial charge in [-0.3, -0.25) is 13.9 Å². The molecular weight excluding hydrogens is 514 g/mol. The summed E-state index contributed by atoms with van der Waals surface area (Å²) < 4.78 is 34.4. The van der Waals surface area contributed by atoms with E-state index in [2.05, 4.69) is 5.32 Å². The van der Waals surface area contributed by atoms with E-state index in [1.807, 2.05) is 52.0 Å². The third-order valence-electron chi connectivity index (χ3n) is 6.43. The Balaban J connectivity index is 2.05. The lowest BCUT2D eigenvalue weighted by atomic mass is 10.1. The number of hydrogen-bond acceptors (Lipinski definition) is 5. The van der Waals surface area contributed by atoms with E-state index in [1.165, 1.54) is 24.1 Å². The van der Waals surface area contributed by atoms with E-state index >= 15 is 0 Å². The SMILES string of the molecule is CCOc1ccc(N(CC(=O)N(Cc2ccc(C)cc2)[C@H](CC)C(=O)NC)S(=O)(=O)c2ccc(C)cc2)cc1. The van der Waals surface area contributed by atoms with Gasteiger partial charge in [0.2, 0.25) is 11.8 Å². The molecule has 0 saturated carbocycles. The van der Waals surface area contributed by atoms with Crippen LogP contribution >= 0.6 is 0 Å². The molecular formula is C30H37N3O5S. The average Bonchev–Trinajstić information content (AvgIpc) is 2.93. The van der Waals surface area contributed by atoms with E-state index < -0.39 is 28.5 Å². The molecule has 0 aliphatic carbocycles. The van der Waals surface area contributed by atoms with E-state index in [1.54, 1.807) is 36.4 Å². The monoisotopic (exact) mass is 551 g/mol. The Bertz CT molecular complexity index is 1360. The van der Waals surface area contributed by atoms with Crippen LogP contribution in [0, 0.1) is 13.8 Å². The summed E-state index contributed by atoms with van der Waals surface area (Å²) in [5.41, 5.74) is 3.14. The molecule has 2 amide bonds. The van der Waals surface area contributed by atoms with Crippen molar-refractivity contribution < 1.29 is 22.7 Å². The average molecular weight is 552 g/mol. The van der Waals surface area contributed by atoms with Crippen molar-refractivity contribution >= 4 is 27.5 Å². The number of sulfonamides is 1. The van der Waals surface area contributed by atoms with Crippen LogP contribution in [0.15, 0.2) is 77.7 Å². The molecule has 8 nitrogen and oxygen atoms in total. The number of aryl methyl sites for hydroxylation is 2. The molecule has 0 fully saturated rings.